The lowest BCUT2D eigenvalue weighted by atomic mass is 10.2. The predicted octanol–water partition coefficient (Wildman–Crippen LogP) is 2.61. The van der Waals surface area contributed by atoms with Crippen molar-refractivity contribution in [2.45, 2.75) is 0 Å². The molecule has 0 heterocycles. The van der Waals surface area contributed by atoms with E-state index in [0.717, 1.165) is 12.1 Å². The maximum absolute atomic E-state index is 12.7. The Balaban J connectivity index is 1.95. The number of amides is 1. The zero-order valence-electron chi connectivity index (χ0n) is 10.6. The van der Waals surface area contributed by atoms with Crippen molar-refractivity contribution < 1.29 is 28.7 Å². The highest BCUT2D eigenvalue weighted by Gasteiger charge is 2.12. The molecule has 0 bridgehead atoms. The molecule has 0 aliphatic heterocycles. The molecule has 1 amide bonds. The van der Waals surface area contributed by atoms with Gasteiger partial charge < -0.3 is 14.7 Å². The summed E-state index contributed by atoms with van der Waals surface area (Å²) in [7, 11) is 0. The number of ether oxygens (including phenoxy) is 1. The maximum atomic E-state index is 12.7. The van der Waals surface area contributed by atoms with Crippen molar-refractivity contribution in [1.82, 2.24) is 5.48 Å². The minimum atomic E-state index is -1.20. The van der Waals surface area contributed by atoms with E-state index in [1.165, 1.54) is 30.3 Å². The number of nitrogens with one attached hydrogen (secondary N) is 1. The Morgan fingerprint density at radius 1 is 1.05 bits per heavy atom. The van der Waals surface area contributed by atoms with Gasteiger partial charge in [-0.3, -0.25) is 0 Å². The average molecular weight is 291 g/mol. The van der Waals surface area contributed by atoms with Gasteiger partial charge >= 0.3 is 12.1 Å². The number of hydroxylamine groups is 1. The molecule has 6 nitrogen and oxygen atoms in total. The van der Waals surface area contributed by atoms with Gasteiger partial charge in [-0.25, -0.2) is 14.0 Å². The first kappa shape index (κ1) is 14.3. The zero-order valence-corrected chi connectivity index (χ0v) is 10.6. The third kappa shape index (κ3) is 3.93. The SMILES string of the molecule is O=C(NOc1ccccc1C(=O)O)Oc1ccc(F)cc1. The molecule has 0 aliphatic rings. The fourth-order valence-electron chi connectivity index (χ4n) is 1.46. The number of carbonyl (C=O) groups is 2. The minimum absolute atomic E-state index is 0.0407. The van der Waals surface area contributed by atoms with Gasteiger partial charge in [-0.1, -0.05) is 12.1 Å². The Kier molecular flexibility index (Phi) is 4.35. The van der Waals surface area contributed by atoms with Gasteiger partial charge in [0.1, 0.15) is 17.1 Å². The maximum Gasteiger partial charge on any atom is 0.446 e. The number of rotatable bonds is 4. The summed E-state index contributed by atoms with van der Waals surface area (Å²) in [5, 5.41) is 8.93. The van der Waals surface area contributed by atoms with Crippen LogP contribution >= 0.6 is 0 Å². The third-order valence-electron chi connectivity index (χ3n) is 2.39. The van der Waals surface area contributed by atoms with Crippen LogP contribution < -0.4 is 15.1 Å². The Morgan fingerprint density at radius 3 is 2.38 bits per heavy atom. The van der Waals surface area contributed by atoms with Crippen molar-refractivity contribution in [3.63, 3.8) is 0 Å². The van der Waals surface area contributed by atoms with E-state index in [-0.39, 0.29) is 17.1 Å². The molecule has 2 N–H and O–H groups in total. The van der Waals surface area contributed by atoms with Crippen molar-refractivity contribution in [3.05, 3.63) is 59.9 Å². The Labute approximate surface area is 118 Å². The summed E-state index contributed by atoms with van der Waals surface area (Å²) in [6.07, 6.45) is -0.971. The lowest BCUT2D eigenvalue weighted by molar-refractivity contribution is 0.0686. The lowest BCUT2D eigenvalue weighted by Crippen LogP contribution is -2.30. The summed E-state index contributed by atoms with van der Waals surface area (Å²) in [5.41, 5.74) is 1.83. The van der Waals surface area contributed by atoms with Gasteiger partial charge in [0.2, 0.25) is 0 Å². The van der Waals surface area contributed by atoms with Crippen LogP contribution in [-0.2, 0) is 0 Å². The van der Waals surface area contributed by atoms with E-state index in [1.54, 1.807) is 6.07 Å². The number of carboxylic acids is 1. The van der Waals surface area contributed by atoms with Crippen molar-refractivity contribution in [1.29, 1.82) is 0 Å². The highest BCUT2D eigenvalue weighted by Crippen LogP contribution is 2.17. The highest BCUT2D eigenvalue weighted by atomic mass is 19.1. The van der Waals surface area contributed by atoms with E-state index in [4.69, 9.17) is 14.7 Å². The van der Waals surface area contributed by atoms with Gasteiger partial charge in [-0.2, -0.15) is 5.48 Å². The monoisotopic (exact) mass is 291 g/mol. The smallest absolute Gasteiger partial charge is 0.446 e. The van der Waals surface area contributed by atoms with Crippen LogP contribution in [0.5, 0.6) is 11.5 Å². The molecule has 0 saturated heterocycles. The fraction of sp³-hybridized carbons (Fsp3) is 0. The van der Waals surface area contributed by atoms with Crippen LogP contribution in [0.1, 0.15) is 10.4 Å². The van der Waals surface area contributed by atoms with Crippen LogP contribution in [0.25, 0.3) is 0 Å². The molecule has 0 atom stereocenters. The zero-order chi connectivity index (χ0) is 15.2. The molecule has 2 rings (SSSR count). The second kappa shape index (κ2) is 6.38. The van der Waals surface area contributed by atoms with Gasteiger partial charge in [0, 0.05) is 0 Å². The first-order valence-corrected chi connectivity index (χ1v) is 5.79. The third-order valence-corrected chi connectivity index (χ3v) is 2.39. The summed E-state index contributed by atoms with van der Waals surface area (Å²) < 4.78 is 17.5. The topological polar surface area (TPSA) is 84.9 Å². The van der Waals surface area contributed by atoms with Crippen LogP contribution in [0.15, 0.2) is 48.5 Å². The first-order valence-electron chi connectivity index (χ1n) is 5.79. The Bertz CT molecular complexity index is 657. The molecule has 0 unspecified atom stereocenters. The highest BCUT2D eigenvalue weighted by molar-refractivity contribution is 5.90. The number of carbonyl (C=O) groups excluding carboxylic acids is 1. The fourth-order valence-corrected chi connectivity index (χ4v) is 1.46. The Morgan fingerprint density at radius 2 is 1.71 bits per heavy atom. The number of carboxylic acid groups (broad SMARTS) is 1. The second-order valence-electron chi connectivity index (χ2n) is 3.85. The van der Waals surface area contributed by atoms with E-state index in [9.17, 15) is 14.0 Å². The van der Waals surface area contributed by atoms with Crippen molar-refractivity contribution >= 4 is 12.1 Å². The number of aromatic carboxylic acids is 1. The number of halogens is 1. The summed E-state index contributed by atoms with van der Waals surface area (Å²) in [4.78, 5) is 27.3. The van der Waals surface area contributed by atoms with Crippen LogP contribution in [0.3, 0.4) is 0 Å². The summed E-state index contributed by atoms with van der Waals surface area (Å²) >= 11 is 0. The number of hydrogen-bond donors (Lipinski definition) is 2. The second-order valence-corrected chi connectivity index (χ2v) is 3.85. The molecular weight excluding hydrogens is 281 g/mol. The van der Waals surface area contributed by atoms with Crippen LogP contribution in [-0.4, -0.2) is 17.2 Å². The average Bonchev–Trinajstić information content (AvgIpc) is 2.48. The molecule has 7 heteroatoms. The van der Waals surface area contributed by atoms with E-state index in [0.29, 0.717) is 0 Å². The number of benzene rings is 2. The largest absolute Gasteiger partial charge is 0.478 e. The van der Waals surface area contributed by atoms with Crippen LogP contribution in [0.2, 0.25) is 0 Å². The predicted molar refractivity (Wildman–Crippen MR) is 69.6 cm³/mol. The molecule has 21 heavy (non-hydrogen) atoms. The molecular formula is C14H10FNO5. The van der Waals surface area contributed by atoms with E-state index >= 15 is 0 Å². The number of para-hydroxylation sites is 1. The molecule has 0 radical (unpaired) electrons. The van der Waals surface area contributed by atoms with E-state index in [1.807, 2.05) is 5.48 Å². The van der Waals surface area contributed by atoms with E-state index in [2.05, 4.69) is 0 Å². The molecule has 0 saturated carbocycles. The van der Waals surface area contributed by atoms with Crippen molar-refractivity contribution in [3.8, 4) is 11.5 Å². The quantitative estimate of drug-likeness (QED) is 0.846. The van der Waals surface area contributed by atoms with Crippen LogP contribution in [0, 0.1) is 5.82 Å². The molecule has 0 fully saturated rings. The molecule has 108 valence electrons. The summed E-state index contributed by atoms with van der Waals surface area (Å²) in [5.74, 6) is -1.58. The van der Waals surface area contributed by atoms with E-state index < -0.39 is 17.9 Å². The number of hydrogen-bond acceptors (Lipinski definition) is 4. The molecule has 0 aliphatic carbocycles. The normalized spacial score (nSPS) is 9.76. The lowest BCUT2D eigenvalue weighted by Gasteiger charge is -2.09. The summed E-state index contributed by atoms with van der Waals surface area (Å²) in [6, 6.07) is 10.6. The van der Waals surface area contributed by atoms with Gasteiger partial charge in [0.25, 0.3) is 0 Å². The molecule has 2 aromatic carbocycles. The Hall–Kier alpha value is -3.09. The molecule has 2 aromatic rings. The molecule has 0 spiro atoms. The minimum Gasteiger partial charge on any atom is -0.478 e. The first-order chi connectivity index (χ1) is 10.1. The van der Waals surface area contributed by atoms with Crippen LogP contribution in [0.4, 0.5) is 9.18 Å². The van der Waals surface area contributed by atoms with Crippen molar-refractivity contribution in [2.75, 3.05) is 0 Å². The molecule has 0 aromatic heterocycles. The van der Waals surface area contributed by atoms with Crippen molar-refractivity contribution in [2.24, 2.45) is 0 Å². The van der Waals surface area contributed by atoms with Gasteiger partial charge in [0.05, 0.1) is 0 Å². The summed E-state index contributed by atoms with van der Waals surface area (Å²) in [6.45, 7) is 0. The van der Waals surface area contributed by atoms with Gasteiger partial charge in [0.15, 0.2) is 5.75 Å². The standard InChI is InChI=1S/C14H10FNO5/c15-9-5-7-10(8-6-9)20-14(19)16-21-12-4-2-1-3-11(12)13(17)18/h1-8H,(H,16,19)(H,17,18). The van der Waals surface area contributed by atoms with Gasteiger partial charge in [-0.05, 0) is 36.4 Å². The van der Waals surface area contributed by atoms with Gasteiger partial charge in [-0.15, -0.1) is 0 Å².